The smallest absolute Gasteiger partial charge is 0.379 e. The number of alkyl halides is 3. The van der Waals surface area contributed by atoms with Gasteiger partial charge in [0.1, 0.15) is 0 Å². The van der Waals surface area contributed by atoms with Crippen LogP contribution < -0.4 is 10.6 Å². The van der Waals surface area contributed by atoms with Gasteiger partial charge in [0, 0.05) is 26.7 Å². The summed E-state index contributed by atoms with van der Waals surface area (Å²) in [4.78, 5) is 4.10. The Labute approximate surface area is 164 Å². The summed E-state index contributed by atoms with van der Waals surface area (Å²) in [5.41, 5.74) is 0.219. The van der Waals surface area contributed by atoms with Gasteiger partial charge in [0.25, 0.3) is 0 Å². The number of nitrogens with one attached hydrogen (secondary N) is 2. The van der Waals surface area contributed by atoms with Gasteiger partial charge in [-0.3, -0.25) is 4.99 Å². The monoisotopic (exact) mass is 473 g/mol. The molecule has 0 aliphatic heterocycles. The van der Waals surface area contributed by atoms with Crippen molar-refractivity contribution in [3.63, 3.8) is 0 Å². The number of hydrogen-bond acceptors (Lipinski definition) is 2. The second-order valence-electron chi connectivity index (χ2n) is 5.64. The minimum absolute atomic E-state index is 0. The number of nitrogens with zero attached hydrogens (tertiary/aromatic N) is 1. The van der Waals surface area contributed by atoms with Crippen LogP contribution in [0.3, 0.4) is 0 Å². The summed E-state index contributed by atoms with van der Waals surface area (Å²) in [6.45, 7) is 6.01. The average Bonchev–Trinajstić information content (AvgIpc) is 2.52. The largest absolute Gasteiger partial charge is 0.416 e. The second kappa shape index (κ2) is 12.3. The Morgan fingerprint density at radius 3 is 2.24 bits per heavy atom. The lowest BCUT2D eigenvalue weighted by molar-refractivity contribution is -0.137. The lowest BCUT2D eigenvalue weighted by Gasteiger charge is -2.13. The van der Waals surface area contributed by atoms with Gasteiger partial charge in [0.05, 0.1) is 11.7 Å². The van der Waals surface area contributed by atoms with Gasteiger partial charge in [-0.25, -0.2) is 0 Å². The Morgan fingerprint density at radius 1 is 1.12 bits per heavy atom. The SMILES string of the molecule is CN=C(NCCCOC(C)C)NCCc1ccc(C(F)(F)F)cc1.I. The first-order valence-corrected chi connectivity index (χ1v) is 8.05. The van der Waals surface area contributed by atoms with Crippen LogP contribution in [0.1, 0.15) is 31.4 Å². The van der Waals surface area contributed by atoms with Crippen LogP contribution in [0.15, 0.2) is 29.3 Å². The summed E-state index contributed by atoms with van der Waals surface area (Å²) >= 11 is 0. The normalized spacial score (nSPS) is 12.0. The van der Waals surface area contributed by atoms with Crippen molar-refractivity contribution in [2.24, 2.45) is 4.99 Å². The maximum Gasteiger partial charge on any atom is 0.416 e. The summed E-state index contributed by atoms with van der Waals surface area (Å²) in [5.74, 6) is 0.673. The summed E-state index contributed by atoms with van der Waals surface area (Å²) in [6.07, 6.45) is -2.57. The van der Waals surface area contributed by atoms with Crippen LogP contribution in [0.4, 0.5) is 13.2 Å². The van der Waals surface area contributed by atoms with Crippen LogP contribution in [-0.4, -0.2) is 38.8 Å². The van der Waals surface area contributed by atoms with Crippen molar-refractivity contribution < 1.29 is 17.9 Å². The van der Waals surface area contributed by atoms with Crippen LogP contribution in [0, 0.1) is 0 Å². The Morgan fingerprint density at radius 2 is 1.72 bits per heavy atom. The molecular weight excluding hydrogens is 446 g/mol. The van der Waals surface area contributed by atoms with Gasteiger partial charge in [-0.05, 0) is 44.4 Å². The van der Waals surface area contributed by atoms with Crippen LogP contribution in [0.5, 0.6) is 0 Å². The van der Waals surface area contributed by atoms with E-state index in [0.29, 0.717) is 25.5 Å². The molecule has 1 aromatic rings. The Bertz CT molecular complexity index is 505. The van der Waals surface area contributed by atoms with E-state index >= 15 is 0 Å². The molecule has 4 nitrogen and oxygen atoms in total. The van der Waals surface area contributed by atoms with Crippen molar-refractivity contribution in [2.45, 2.75) is 39.0 Å². The molecule has 1 aromatic carbocycles. The molecule has 25 heavy (non-hydrogen) atoms. The fourth-order valence-electron chi connectivity index (χ4n) is 2.00. The molecule has 0 saturated heterocycles. The summed E-state index contributed by atoms with van der Waals surface area (Å²) in [6, 6.07) is 5.22. The van der Waals surface area contributed by atoms with Crippen molar-refractivity contribution in [2.75, 3.05) is 26.7 Å². The number of benzene rings is 1. The van der Waals surface area contributed by atoms with Gasteiger partial charge < -0.3 is 15.4 Å². The number of ether oxygens (including phenoxy) is 1. The Kier molecular flexibility index (Phi) is 11.8. The van der Waals surface area contributed by atoms with Crippen LogP contribution in [0.25, 0.3) is 0 Å². The average molecular weight is 473 g/mol. The molecule has 0 spiro atoms. The summed E-state index contributed by atoms with van der Waals surface area (Å²) < 4.78 is 42.9. The first-order valence-electron chi connectivity index (χ1n) is 8.05. The molecule has 0 saturated carbocycles. The van der Waals surface area contributed by atoms with Gasteiger partial charge in [-0.2, -0.15) is 13.2 Å². The quantitative estimate of drug-likeness (QED) is 0.261. The van der Waals surface area contributed by atoms with Crippen molar-refractivity contribution in [1.82, 2.24) is 10.6 Å². The number of halogens is 4. The van der Waals surface area contributed by atoms with E-state index in [2.05, 4.69) is 15.6 Å². The topological polar surface area (TPSA) is 45.7 Å². The van der Waals surface area contributed by atoms with E-state index in [-0.39, 0.29) is 30.1 Å². The first kappa shape index (κ1) is 24.0. The number of rotatable bonds is 8. The van der Waals surface area contributed by atoms with E-state index in [1.807, 2.05) is 13.8 Å². The van der Waals surface area contributed by atoms with Crippen molar-refractivity contribution >= 4 is 29.9 Å². The lowest BCUT2D eigenvalue weighted by Crippen LogP contribution is -2.39. The van der Waals surface area contributed by atoms with Gasteiger partial charge >= 0.3 is 6.18 Å². The highest BCUT2D eigenvalue weighted by atomic mass is 127. The molecule has 0 aliphatic rings. The molecule has 2 N–H and O–H groups in total. The van der Waals surface area contributed by atoms with Crippen LogP contribution in [-0.2, 0) is 17.3 Å². The maximum atomic E-state index is 12.5. The third-order valence-corrected chi connectivity index (χ3v) is 3.28. The minimum atomic E-state index is -4.29. The minimum Gasteiger partial charge on any atom is -0.379 e. The third kappa shape index (κ3) is 10.5. The van der Waals surface area contributed by atoms with Crippen LogP contribution in [0.2, 0.25) is 0 Å². The number of hydrogen-bond donors (Lipinski definition) is 2. The van der Waals surface area contributed by atoms with Gasteiger partial charge in [-0.1, -0.05) is 12.1 Å². The van der Waals surface area contributed by atoms with E-state index in [4.69, 9.17) is 4.74 Å². The summed E-state index contributed by atoms with van der Waals surface area (Å²) in [5, 5.41) is 6.31. The second-order valence-corrected chi connectivity index (χ2v) is 5.64. The molecule has 0 amide bonds. The Balaban J connectivity index is 0.00000576. The molecule has 0 aromatic heterocycles. The number of guanidine groups is 1. The highest BCUT2D eigenvalue weighted by Crippen LogP contribution is 2.29. The molecule has 0 fully saturated rings. The molecule has 0 unspecified atom stereocenters. The predicted molar refractivity (Wildman–Crippen MR) is 106 cm³/mol. The molecule has 8 heteroatoms. The summed E-state index contributed by atoms with van der Waals surface area (Å²) in [7, 11) is 1.68. The first-order chi connectivity index (χ1) is 11.3. The fraction of sp³-hybridized carbons (Fsp3) is 0.588. The molecule has 1 rings (SSSR count). The molecule has 0 atom stereocenters. The zero-order valence-electron chi connectivity index (χ0n) is 14.8. The molecular formula is C17H27F3IN3O. The van der Waals surface area contributed by atoms with E-state index in [9.17, 15) is 13.2 Å². The van der Waals surface area contributed by atoms with E-state index in [0.717, 1.165) is 30.7 Å². The van der Waals surface area contributed by atoms with Crippen LogP contribution >= 0.6 is 24.0 Å². The van der Waals surface area contributed by atoms with Gasteiger partial charge in [0.2, 0.25) is 0 Å². The Hall–Kier alpha value is -1.03. The highest BCUT2D eigenvalue weighted by Gasteiger charge is 2.29. The molecule has 0 radical (unpaired) electrons. The lowest BCUT2D eigenvalue weighted by atomic mass is 10.1. The number of aliphatic imine (C=N–C) groups is 1. The molecule has 144 valence electrons. The molecule has 0 heterocycles. The van der Waals surface area contributed by atoms with Crippen molar-refractivity contribution in [1.29, 1.82) is 0 Å². The maximum absolute atomic E-state index is 12.5. The zero-order chi connectivity index (χ0) is 18.0. The molecule has 0 bridgehead atoms. The van der Waals surface area contributed by atoms with Gasteiger partial charge in [0.15, 0.2) is 5.96 Å². The van der Waals surface area contributed by atoms with E-state index in [1.165, 1.54) is 12.1 Å². The van der Waals surface area contributed by atoms with Crippen molar-refractivity contribution in [3.8, 4) is 0 Å². The van der Waals surface area contributed by atoms with E-state index < -0.39 is 11.7 Å². The predicted octanol–water partition coefficient (Wildman–Crippen LogP) is 3.85. The fourth-order valence-corrected chi connectivity index (χ4v) is 2.00. The standard InChI is InChI=1S/C17H26F3N3O.HI/c1-13(2)24-12-4-10-22-16(21-3)23-11-9-14-5-7-15(8-6-14)17(18,19)20;/h5-8,13H,4,9-12H2,1-3H3,(H2,21,22,23);1H. The highest BCUT2D eigenvalue weighted by molar-refractivity contribution is 14.0. The third-order valence-electron chi connectivity index (χ3n) is 3.28. The van der Waals surface area contributed by atoms with E-state index in [1.54, 1.807) is 7.05 Å². The van der Waals surface area contributed by atoms with Crippen molar-refractivity contribution in [3.05, 3.63) is 35.4 Å². The molecule has 0 aliphatic carbocycles. The van der Waals surface area contributed by atoms with Gasteiger partial charge in [-0.15, -0.1) is 24.0 Å². The zero-order valence-corrected chi connectivity index (χ0v) is 17.2.